The predicted molar refractivity (Wildman–Crippen MR) is 64.1 cm³/mol. The highest BCUT2D eigenvalue weighted by Crippen LogP contribution is 2.40. The van der Waals surface area contributed by atoms with E-state index in [1.54, 1.807) is 7.11 Å². The number of nitrogens with one attached hydrogen (secondary N) is 1. The molecule has 3 unspecified atom stereocenters. The van der Waals surface area contributed by atoms with E-state index >= 15 is 0 Å². The van der Waals surface area contributed by atoms with Gasteiger partial charge in [0.1, 0.15) is 0 Å². The van der Waals surface area contributed by atoms with E-state index in [1.165, 1.54) is 44.9 Å². The van der Waals surface area contributed by atoms with Crippen molar-refractivity contribution in [2.24, 2.45) is 11.8 Å². The van der Waals surface area contributed by atoms with Crippen molar-refractivity contribution in [1.82, 2.24) is 5.48 Å². The third kappa shape index (κ3) is 3.44. The molecule has 0 aromatic carbocycles. The SMILES string of the molecule is COCCONC1CCC2CCCCC2C1. The molecule has 2 fully saturated rings. The Morgan fingerprint density at radius 2 is 1.81 bits per heavy atom. The molecule has 3 atom stereocenters. The highest BCUT2D eigenvalue weighted by Gasteiger charge is 2.31. The quantitative estimate of drug-likeness (QED) is 0.578. The van der Waals surface area contributed by atoms with Crippen LogP contribution in [0.2, 0.25) is 0 Å². The summed E-state index contributed by atoms with van der Waals surface area (Å²) in [7, 11) is 1.70. The van der Waals surface area contributed by atoms with Gasteiger partial charge in [-0.15, -0.1) is 0 Å². The van der Waals surface area contributed by atoms with E-state index in [0.717, 1.165) is 11.8 Å². The molecule has 0 spiro atoms. The van der Waals surface area contributed by atoms with Crippen molar-refractivity contribution < 1.29 is 9.57 Å². The van der Waals surface area contributed by atoms with Gasteiger partial charge in [-0.25, -0.2) is 0 Å². The molecular weight excluding hydrogens is 202 g/mol. The first-order valence-electron chi connectivity index (χ1n) is 6.76. The summed E-state index contributed by atoms with van der Waals surface area (Å²) in [5, 5.41) is 0. The molecule has 0 aromatic heterocycles. The zero-order valence-electron chi connectivity index (χ0n) is 10.4. The van der Waals surface area contributed by atoms with E-state index in [-0.39, 0.29) is 0 Å². The lowest BCUT2D eigenvalue weighted by Crippen LogP contribution is -2.39. The maximum atomic E-state index is 5.42. The molecule has 0 bridgehead atoms. The van der Waals surface area contributed by atoms with Crippen LogP contribution in [0.25, 0.3) is 0 Å². The fourth-order valence-corrected chi connectivity index (χ4v) is 3.28. The van der Waals surface area contributed by atoms with Gasteiger partial charge in [-0.2, -0.15) is 5.48 Å². The Hall–Kier alpha value is -0.120. The minimum atomic E-state index is 0.580. The summed E-state index contributed by atoms with van der Waals surface area (Å²) in [4.78, 5) is 5.42. The van der Waals surface area contributed by atoms with Gasteiger partial charge in [0.2, 0.25) is 0 Å². The van der Waals surface area contributed by atoms with Crippen molar-refractivity contribution in [3.63, 3.8) is 0 Å². The van der Waals surface area contributed by atoms with Crippen LogP contribution in [0, 0.1) is 11.8 Å². The van der Waals surface area contributed by atoms with Crippen LogP contribution in [0.15, 0.2) is 0 Å². The highest BCUT2D eigenvalue weighted by atomic mass is 16.7. The van der Waals surface area contributed by atoms with E-state index in [2.05, 4.69) is 5.48 Å². The van der Waals surface area contributed by atoms with Gasteiger partial charge < -0.3 is 4.74 Å². The van der Waals surface area contributed by atoms with Gasteiger partial charge in [-0.1, -0.05) is 25.7 Å². The third-order valence-corrected chi connectivity index (χ3v) is 4.18. The first-order chi connectivity index (χ1) is 7.90. The van der Waals surface area contributed by atoms with Crippen LogP contribution in [-0.2, 0) is 9.57 Å². The average molecular weight is 227 g/mol. The lowest BCUT2D eigenvalue weighted by atomic mass is 9.69. The molecule has 0 aliphatic heterocycles. The lowest BCUT2D eigenvalue weighted by molar-refractivity contribution is -0.0301. The minimum absolute atomic E-state index is 0.580. The zero-order chi connectivity index (χ0) is 11.2. The molecule has 0 saturated heterocycles. The summed E-state index contributed by atoms with van der Waals surface area (Å²) in [5.74, 6) is 1.98. The number of hydroxylamine groups is 1. The van der Waals surface area contributed by atoms with Crippen LogP contribution in [0.3, 0.4) is 0 Å². The van der Waals surface area contributed by atoms with Gasteiger partial charge in [-0.3, -0.25) is 4.84 Å². The number of hydrogen-bond acceptors (Lipinski definition) is 3. The van der Waals surface area contributed by atoms with Gasteiger partial charge in [0.05, 0.1) is 13.2 Å². The second-order valence-electron chi connectivity index (χ2n) is 5.27. The van der Waals surface area contributed by atoms with Crippen molar-refractivity contribution in [3.05, 3.63) is 0 Å². The summed E-state index contributed by atoms with van der Waals surface area (Å²) >= 11 is 0. The molecule has 1 N–H and O–H groups in total. The molecule has 2 aliphatic carbocycles. The Morgan fingerprint density at radius 1 is 1.00 bits per heavy atom. The molecule has 0 radical (unpaired) electrons. The summed E-state index contributed by atoms with van der Waals surface area (Å²) in [6, 6.07) is 0.580. The van der Waals surface area contributed by atoms with Crippen LogP contribution in [0.4, 0.5) is 0 Å². The lowest BCUT2D eigenvalue weighted by Gasteiger charge is -2.39. The van der Waals surface area contributed by atoms with Gasteiger partial charge in [0, 0.05) is 13.2 Å². The zero-order valence-corrected chi connectivity index (χ0v) is 10.4. The topological polar surface area (TPSA) is 30.5 Å². The first-order valence-corrected chi connectivity index (χ1v) is 6.76. The Kier molecular flexibility index (Phi) is 5.07. The number of rotatable bonds is 5. The molecular formula is C13H25NO2. The number of fused-ring (bicyclic) bond motifs is 1. The number of ether oxygens (including phenoxy) is 1. The van der Waals surface area contributed by atoms with Crippen LogP contribution in [-0.4, -0.2) is 26.4 Å². The molecule has 0 amide bonds. The Morgan fingerprint density at radius 3 is 2.62 bits per heavy atom. The summed E-state index contributed by atoms with van der Waals surface area (Å²) in [6.07, 6.45) is 9.83. The van der Waals surface area contributed by atoms with Crippen LogP contribution in [0.1, 0.15) is 44.9 Å². The van der Waals surface area contributed by atoms with Crippen molar-refractivity contribution in [2.75, 3.05) is 20.3 Å². The molecule has 94 valence electrons. The number of methoxy groups -OCH3 is 1. The molecule has 3 nitrogen and oxygen atoms in total. The first kappa shape index (κ1) is 12.3. The standard InChI is InChI=1S/C13H25NO2/c1-15-8-9-16-14-13-7-6-11-4-2-3-5-12(11)10-13/h11-14H,2-10H2,1H3. The molecule has 0 heterocycles. The number of hydrogen-bond donors (Lipinski definition) is 1. The van der Waals surface area contributed by atoms with Crippen molar-refractivity contribution >= 4 is 0 Å². The summed E-state index contributed by atoms with van der Waals surface area (Å²) in [5.41, 5.74) is 3.21. The molecule has 2 rings (SSSR count). The largest absolute Gasteiger partial charge is 0.382 e. The average Bonchev–Trinajstić information content (AvgIpc) is 2.34. The predicted octanol–water partition coefficient (Wildman–Crippen LogP) is 2.51. The Bertz CT molecular complexity index is 198. The van der Waals surface area contributed by atoms with E-state index in [9.17, 15) is 0 Å². The smallest absolute Gasteiger partial charge is 0.0915 e. The highest BCUT2D eigenvalue weighted by molar-refractivity contribution is 4.84. The van der Waals surface area contributed by atoms with Gasteiger partial charge in [0.15, 0.2) is 0 Å². The molecule has 16 heavy (non-hydrogen) atoms. The maximum absolute atomic E-state index is 5.42. The summed E-state index contributed by atoms with van der Waals surface area (Å²) in [6.45, 7) is 1.33. The van der Waals surface area contributed by atoms with Crippen molar-refractivity contribution in [3.8, 4) is 0 Å². The second-order valence-corrected chi connectivity index (χ2v) is 5.27. The van der Waals surface area contributed by atoms with E-state index in [0.29, 0.717) is 19.3 Å². The second kappa shape index (κ2) is 6.58. The third-order valence-electron chi connectivity index (χ3n) is 4.18. The van der Waals surface area contributed by atoms with Crippen LogP contribution >= 0.6 is 0 Å². The van der Waals surface area contributed by atoms with Gasteiger partial charge in [-0.05, 0) is 31.1 Å². The van der Waals surface area contributed by atoms with Gasteiger partial charge >= 0.3 is 0 Å². The fraction of sp³-hybridized carbons (Fsp3) is 1.00. The van der Waals surface area contributed by atoms with E-state index < -0.39 is 0 Å². The van der Waals surface area contributed by atoms with Crippen LogP contribution < -0.4 is 5.48 Å². The van der Waals surface area contributed by atoms with Crippen molar-refractivity contribution in [2.45, 2.75) is 51.0 Å². The maximum Gasteiger partial charge on any atom is 0.0915 e. The van der Waals surface area contributed by atoms with E-state index in [1.807, 2.05) is 0 Å². The van der Waals surface area contributed by atoms with E-state index in [4.69, 9.17) is 9.57 Å². The Balaban J connectivity index is 1.65. The van der Waals surface area contributed by atoms with Gasteiger partial charge in [0.25, 0.3) is 0 Å². The molecule has 2 aliphatic rings. The molecule has 0 aromatic rings. The molecule has 2 saturated carbocycles. The molecule has 3 heteroatoms. The van der Waals surface area contributed by atoms with Crippen molar-refractivity contribution in [1.29, 1.82) is 0 Å². The fourth-order valence-electron chi connectivity index (χ4n) is 3.28. The van der Waals surface area contributed by atoms with Crippen LogP contribution in [0.5, 0.6) is 0 Å². The normalized spacial score (nSPS) is 34.7. The minimum Gasteiger partial charge on any atom is -0.382 e. The monoisotopic (exact) mass is 227 g/mol. The summed E-state index contributed by atoms with van der Waals surface area (Å²) < 4.78 is 4.95. The Labute approximate surface area is 98.8 Å².